The number of carboxylic acid groups (broad SMARTS) is 4. The van der Waals surface area contributed by atoms with Crippen LogP contribution in [0.4, 0.5) is 0 Å². The fraction of sp³-hybridized carbons (Fsp3) is 0.810. The van der Waals surface area contributed by atoms with Gasteiger partial charge in [-0.25, -0.2) is 0 Å². The first-order valence-electron chi connectivity index (χ1n) is 31.3. The molecule has 0 bridgehead atoms. The fourth-order valence-corrected chi connectivity index (χ4v) is 8.26. The molecule has 0 saturated heterocycles. The average molecular weight is 1400 g/mol. The van der Waals surface area contributed by atoms with Gasteiger partial charge in [-0.05, 0) is 89.9 Å². The molecule has 22 heteroatoms. The minimum Gasteiger partial charge on any atom is -0.693 e. The first kappa shape index (κ1) is 89.6. The van der Waals surface area contributed by atoms with E-state index in [1.54, 1.807) is 0 Å². The number of Topliss-reactive ketones (excluding diaryl/α,β-unsaturated/α-hetero) is 1. The molecule has 0 aromatic carbocycles. The number of carbonyl (C=O) groups excluding carboxylic acids is 4. The standard InChI is InChI=1S/C29H52O7.C28H51NO7.C6H8O4.2H2N.Pt/c1-2-3-4-5-6-7-8-9-10-11-12-13-14-15-16-19-29(33)36-26-25-35-24-23-34-22-17-18-27(30)20-21-28(31)32;1-2-3-4-5-6-7-8-9-10-11-12-13-14-15-16-17-28(33)36-25-24-35-23-22-34-21-20-29-26(30)18-19-27(31)32;7-4(8)6(5(9)10)2-1-3-6;;;/h9-10H,2-8,11-26H2,1H3,(H,31,32);9-10H,2-8,11-25H2,1H3,(H,29,30)(H,31,32);1-3H2,(H,7,8)(H,9,10);2*1H2;/q;;;2*-1;+2/b2*10-9-;;;;. The third kappa shape index (κ3) is 65.7. The minimum atomic E-state index is -1.44. The van der Waals surface area contributed by atoms with E-state index in [0.717, 1.165) is 51.4 Å². The SMILES string of the molecule is CCCCCCCC/C=C\CCCCCCCC(=O)OCCOCCOCCCC(=O)CCC(=O)O.CCCCCCCC/C=C\CCCCCCCC(=O)OCCOCCOCCNC(=O)CCC(=O)O.O=C(O)C1(C(=O)O)CCC1.[NH2-].[NH2-].[Pt+2]. The first-order valence-corrected chi connectivity index (χ1v) is 31.3. The number of carboxylic acids is 4. The second-order valence-electron chi connectivity index (χ2n) is 20.9. The Morgan fingerprint density at radius 3 is 1.08 bits per heavy atom. The molecule has 1 saturated carbocycles. The van der Waals surface area contributed by atoms with Crippen molar-refractivity contribution in [1.82, 2.24) is 5.32 Å². The van der Waals surface area contributed by atoms with Crippen LogP contribution >= 0.6 is 0 Å². The quantitative estimate of drug-likeness (QED) is 0.0163. The Kier molecular flexibility index (Phi) is 72.8. The second-order valence-corrected chi connectivity index (χ2v) is 20.9. The molecule has 9 N–H and O–H groups in total. The van der Waals surface area contributed by atoms with Crippen LogP contribution in [0.2, 0.25) is 0 Å². The van der Waals surface area contributed by atoms with Crippen molar-refractivity contribution in [1.29, 1.82) is 0 Å². The summed E-state index contributed by atoms with van der Waals surface area (Å²) in [7, 11) is 0. The van der Waals surface area contributed by atoms with Crippen LogP contribution in [-0.4, -0.2) is 141 Å². The van der Waals surface area contributed by atoms with Crippen LogP contribution in [0, 0.1) is 5.41 Å². The van der Waals surface area contributed by atoms with Gasteiger partial charge in [0, 0.05) is 45.3 Å². The number of esters is 2. The maximum atomic E-state index is 11.8. The number of nitrogens with one attached hydrogen (secondary N) is 1. The summed E-state index contributed by atoms with van der Waals surface area (Å²) >= 11 is 0. The third-order valence-corrected chi connectivity index (χ3v) is 13.5. The summed E-state index contributed by atoms with van der Waals surface area (Å²) < 4.78 is 31.7. The molecule has 0 unspecified atom stereocenters. The van der Waals surface area contributed by atoms with E-state index < -0.39 is 29.3 Å². The number of unbranched alkanes of at least 4 members (excludes halogenated alkanes) is 22. The monoisotopic (exact) mass is 1400 g/mol. The third-order valence-electron chi connectivity index (χ3n) is 13.5. The van der Waals surface area contributed by atoms with Crippen LogP contribution in [-0.2, 0) is 87.8 Å². The van der Waals surface area contributed by atoms with Gasteiger partial charge >= 0.3 is 56.9 Å². The Morgan fingerprint density at radius 1 is 0.388 bits per heavy atom. The molecule has 0 spiro atoms. The van der Waals surface area contributed by atoms with E-state index in [1.807, 2.05) is 0 Å². The number of nitrogens with two attached hydrogens (primary N) is 2. The van der Waals surface area contributed by atoms with Crippen molar-refractivity contribution in [2.45, 2.75) is 251 Å². The molecule has 0 aliphatic heterocycles. The van der Waals surface area contributed by atoms with E-state index in [2.05, 4.69) is 43.5 Å². The van der Waals surface area contributed by atoms with E-state index in [-0.39, 0.29) is 109 Å². The number of carbonyl (C=O) groups is 8. The molecule has 1 rings (SSSR count). The zero-order chi connectivity index (χ0) is 60.8. The Morgan fingerprint density at radius 2 is 0.729 bits per heavy atom. The van der Waals surface area contributed by atoms with Gasteiger partial charge in [-0.3, -0.25) is 38.4 Å². The zero-order valence-electron chi connectivity index (χ0n) is 52.2. The number of amides is 1. The van der Waals surface area contributed by atoms with Gasteiger partial charge in [0.1, 0.15) is 19.0 Å². The van der Waals surface area contributed by atoms with Crippen LogP contribution in [0.5, 0.6) is 0 Å². The topological polar surface area (TPSA) is 352 Å². The van der Waals surface area contributed by atoms with E-state index in [0.29, 0.717) is 91.5 Å². The average Bonchev–Trinajstić information content (AvgIpc) is 3.44. The van der Waals surface area contributed by atoms with Crippen molar-refractivity contribution in [3.8, 4) is 0 Å². The van der Waals surface area contributed by atoms with Crippen molar-refractivity contribution in [2.75, 3.05) is 72.6 Å². The molecule has 0 aromatic heterocycles. The van der Waals surface area contributed by atoms with Crippen LogP contribution in [0.15, 0.2) is 24.3 Å². The number of hydrogen-bond donors (Lipinski definition) is 5. The van der Waals surface area contributed by atoms with E-state index in [1.165, 1.54) is 116 Å². The van der Waals surface area contributed by atoms with Crippen molar-refractivity contribution in [3.05, 3.63) is 36.6 Å². The molecule has 21 nitrogen and oxygen atoms in total. The molecular weight excluding hydrogens is 1280 g/mol. The van der Waals surface area contributed by atoms with Crippen LogP contribution < -0.4 is 5.32 Å². The summed E-state index contributed by atoms with van der Waals surface area (Å²) in [6.07, 6.45) is 44.3. The summed E-state index contributed by atoms with van der Waals surface area (Å²) in [4.78, 5) is 87.7. The molecule has 1 aliphatic rings. The predicted molar refractivity (Wildman–Crippen MR) is 327 cm³/mol. The van der Waals surface area contributed by atoms with Crippen molar-refractivity contribution in [3.63, 3.8) is 0 Å². The van der Waals surface area contributed by atoms with Crippen molar-refractivity contribution >= 4 is 47.5 Å². The molecule has 1 aliphatic carbocycles. The molecule has 0 radical (unpaired) electrons. The zero-order valence-corrected chi connectivity index (χ0v) is 54.5. The normalized spacial score (nSPS) is 12.0. The largest absolute Gasteiger partial charge is 2.00 e. The van der Waals surface area contributed by atoms with Crippen LogP contribution in [0.1, 0.15) is 251 Å². The van der Waals surface area contributed by atoms with E-state index in [4.69, 9.17) is 48.8 Å². The maximum Gasteiger partial charge on any atom is 2.00 e. The van der Waals surface area contributed by atoms with Gasteiger partial charge in [-0.15, -0.1) is 0 Å². The summed E-state index contributed by atoms with van der Waals surface area (Å²) in [5.41, 5.74) is -1.44. The molecule has 0 atom stereocenters. The van der Waals surface area contributed by atoms with Gasteiger partial charge in [0.25, 0.3) is 0 Å². The molecule has 500 valence electrons. The van der Waals surface area contributed by atoms with Gasteiger partial charge in [0.2, 0.25) is 5.91 Å². The number of rotatable bonds is 57. The molecule has 0 heterocycles. The van der Waals surface area contributed by atoms with Gasteiger partial charge in [0.05, 0.1) is 59.1 Å². The fourth-order valence-electron chi connectivity index (χ4n) is 8.26. The summed E-state index contributed by atoms with van der Waals surface area (Å²) in [6, 6.07) is 0. The predicted octanol–water partition coefficient (Wildman–Crippen LogP) is 14.2. The summed E-state index contributed by atoms with van der Waals surface area (Å²) in [6.45, 7) is 8.31. The van der Waals surface area contributed by atoms with Gasteiger partial charge in [-0.1, -0.05) is 141 Å². The molecule has 0 aromatic rings. The van der Waals surface area contributed by atoms with E-state index in [9.17, 15) is 38.4 Å². The van der Waals surface area contributed by atoms with Crippen LogP contribution in [0.3, 0.4) is 0 Å². The smallest absolute Gasteiger partial charge is 0.693 e. The van der Waals surface area contributed by atoms with Crippen molar-refractivity contribution < 1.29 is 108 Å². The summed E-state index contributed by atoms with van der Waals surface area (Å²) in [5.74, 6) is -5.05. The van der Waals surface area contributed by atoms with Gasteiger partial charge < -0.3 is 66.5 Å². The number of aliphatic carboxylic acids is 4. The van der Waals surface area contributed by atoms with Gasteiger partial charge in [-0.2, -0.15) is 0 Å². The molecule has 1 amide bonds. The number of ether oxygens (including phenoxy) is 6. The van der Waals surface area contributed by atoms with E-state index >= 15 is 0 Å². The Labute approximate surface area is 524 Å². The van der Waals surface area contributed by atoms with Crippen molar-refractivity contribution in [2.24, 2.45) is 5.41 Å². The Hall–Kier alpha value is -4.11. The Balaban J connectivity index is -0.000000417. The van der Waals surface area contributed by atoms with Gasteiger partial charge in [0.15, 0.2) is 5.41 Å². The maximum absolute atomic E-state index is 11.8. The first-order chi connectivity index (χ1) is 39.7. The number of hydrogen-bond acceptors (Lipinski definition) is 14. The Bertz CT molecular complexity index is 1570. The molecule has 1 fully saturated rings. The minimum absolute atomic E-state index is 0. The molecule has 85 heavy (non-hydrogen) atoms. The summed E-state index contributed by atoms with van der Waals surface area (Å²) in [5, 5.41) is 36.6. The number of allylic oxidation sites excluding steroid dienone is 4. The molecular formula is C63H115N3O18Pt. The second kappa shape index (κ2) is 69.0. The van der Waals surface area contributed by atoms with Crippen LogP contribution in [0.25, 0.3) is 12.3 Å². The number of ketones is 1.